The highest BCUT2D eigenvalue weighted by Gasteiger charge is 2.11. The van der Waals surface area contributed by atoms with Crippen LogP contribution >= 0.6 is 0 Å². The summed E-state index contributed by atoms with van der Waals surface area (Å²) >= 11 is 0. The molecule has 1 aliphatic rings. The largest absolute Gasteiger partial charge is 0.432 e. The molecule has 2 nitrogen and oxygen atoms in total. The van der Waals surface area contributed by atoms with E-state index in [-0.39, 0.29) is 5.97 Å². The molecule has 0 radical (unpaired) electrons. The van der Waals surface area contributed by atoms with Crippen LogP contribution in [0, 0.1) is 5.92 Å². The molecular formula is C11H18O2. The van der Waals surface area contributed by atoms with E-state index in [4.69, 9.17) is 4.74 Å². The molecule has 1 atom stereocenters. The second kappa shape index (κ2) is 5.05. The molecule has 0 aromatic rings. The van der Waals surface area contributed by atoms with Gasteiger partial charge in [0.25, 0.3) is 0 Å². The second-order valence-electron chi connectivity index (χ2n) is 3.86. The molecule has 0 N–H and O–H groups in total. The molecule has 0 aliphatic heterocycles. The number of hydrogen-bond acceptors (Lipinski definition) is 2. The summed E-state index contributed by atoms with van der Waals surface area (Å²) in [7, 11) is 0. The van der Waals surface area contributed by atoms with Crippen LogP contribution in [0.2, 0.25) is 0 Å². The van der Waals surface area contributed by atoms with Gasteiger partial charge in [-0.2, -0.15) is 0 Å². The average molecular weight is 182 g/mol. The van der Waals surface area contributed by atoms with Gasteiger partial charge in [0.05, 0.1) is 0 Å². The minimum Gasteiger partial charge on any atom is -0.432 e. The number of carbonyl (C=O) groups excluding carboxylic acids is 1. The molecule has 0 fully saturated rings. The lowest BCUT2D eigenvalue weighted by molar-refractivity contribution is -0.137. The van der Waals surface area contributed by atoms with Gasteiger partial charge in [-0.1, -0.05) is 19.8 Å². The first-order valence-electron chi connectivity index (χ1n) is 5.06. The third-order valence-corrected chi connectivity index (χ3v) is 2.35. The quantitative estimate of drug-likeness (QED) is 0.583. The zero-order valence-corrected chi connectivity index (χ0v) is 8.51. The van der Waals surface area contributed by atoms with Gasteiger partial charge in [-0.05, 0) is 24.8 Å². The topological polar surface area (TPSA) is 26.3 Å². The van der Waals surface area contributed by atoms with Gasteiger partial charge in [-0.3, -0.25) is 4.79 Å². The Bertz CT molecular complexity index is 206. The van der Waals surface area contributed by atoms with Crippen molar-refractivity contribution in [2.75, 3.05) is 0 Å². The van der Waals surface area contributed by atoms with E-state index in [2.05, 4.69) is 13.0 Å². The molecular weight excluding hydrogens is 164 g/mol. The van der Waals surface area contributed by atoms with Crippen LogP contribution in [0.5, 0.6) is 0 Å². The highest BCUT2D eigenvalue weighted by molar-refractivity contribution is 5.67. The van der Waals surface area contributed by atoms with Crippen molar-refractivity contribution in [2.45, 2.75) is 46.0 Å². The first-order valence-corrected chi connectivity index (χ1v) is 5.06. The van der Waals surface area contributed by atoms with Gasteiger partial charge in [0, 0.05) is 13.3 Å². The van der Waals surface area contributed by atoms with Crippen molar-refractivity contribution in [3.8, 4) is 0 Å². The number of hydrogen-bond donors (Lipinski definition) is 0. The summed E-state index contributed by atoms with van der Waals surface area (Å²) in [6.45, 7) is 3.67. The monoisotopic (exact) mass is 182 g/mol. The molecule has 1 unspecified atom stereocenters. The van der Waals surface area contributed by atoms with Crippen molar-refractivity contribution in [3.05, 3.63) is 11.8 Å². The summed E-state index contributed by atoms with van der Waals surface area (Å²) in [6, 6.07) is 0. The second-order valence-corrected chi connectivity index (χ2v) is 3.86. The van der Waals surface area contributed by atoms with E-state index < -0.39 is 0 Å². The van der Waals surface area contributed by atoms with Crippen molar-refractivity contribution >= 4 is 5.97 Å². The molecule has 0 bridgehead atoms. The van der Waals surface area contributed by atoms with Crippen LogP contribution in [-0.2, 0) is 9.53 Å². The maximum absolute atomic E-state index is 10.8. The third-order valence-electron chi connectivity index (χ3n) is 2.35. The summed E-state index contributed by atoms with van der Waals surface area (Å²) in [5, 5.41) is 0. The van der Waals surface area contributed by atoms with E-state index in [9.17, 15) is 4.79 Å². The van der Waals surface area contributed by atoms with Gasteiger partial charge in [-0.25, -0.2) is 0 Å². The van der Waals surface area contributed by atoms with E-state index in [1.807, 2.05) is 0 Å². The Balaban J connectivity index is 2.52. The number of rotatable bonds is 1. The van der Waals surface area contributed by atoms with Gasteiger partial charge < -0.3 is 4.74 Å². The smallest absolute Gasteiger partial charge is 0.307 e. The normalized spacial score (nSPS) is 24.2. The predicted octanol–water partition coefficient (Wildman–Crippen LogP) is 3.03. The fourth-order valence-electron chi connectivity index (χ4n) is 1.70. The third kappa shape index (κ3) is 4.11. The average Bonchev–Trinajstić information content (AvgIpc) is 1.98. The Labute approximate surface area is 80.0 Å². The minimum atomic E-state index is -0.195. The van der Waals surface area contributed by atoms with Crippen molar-refractivity contribution in [1.29, 1.82) is 0 Å². The van der Waals surface area contributed by atoms with E-state index in [1.54, 1.807) is 0 Å². The summed E-state index contributed by atoms with van der Waals surface area (Å²) in [4.78, 5) is 10.8. The van der Waals surface area contributed by atoms with Crippen molar-refractivity contribution in [2.24, 2.45) is 5.92 Å². The van der Waals surface area contributed by atoms with Gasteiger partial charge in [0.1, 0.15) is 5.76 Å². The SMILES string of the molecule is CC(=O)OC1=CCCCCC(C)C1. The van der Waals surface area contributed by atoms with Crippen LogP contribution in [0.1, 0.15) is 46.0 Å². The van der Waals surface area contributed by atoms with Crippen molar-refractivity contribution in [3.63, 3.8) is 0 Å². The van der Waals surface area contributed by atoms with E-state index in [1.165, 1.54) is 26.2 Å². The lowest BCUT2D eigenvalue weighted by Gasteiger charge is -2.16. The molecule has 0 heterocycles. The maximum atomic E-state index is 10.8. The molecule has 74 valence electrons. The zero-order valence-electron chi connectivity index (χ0n) is 8.51. The molecule has 0 saturated heterocycles. The molecule has 1 rings (SSSR count). The lowest BCUT2D eigenvalue weighted by atomic mass is 9.96. The molecule has 0 amide bonds. The Morgan fingerprint density at radius 3 is 3.00 bits per heavy atom. The first kappa shape index (κ1) is 10.3. The minimum absolute atomic E-state index is 0.195. The summed E-state index contributed by atoms with van der Waals surface area (Å²) in [5.41, 5.74) is 0. The van der Waals surface area contributed by atoms with Crippen molar-refractivity contribution < 1.29 is 9.53 Å². The van der Waals surface area contributed by atoms with Crippen LogP contribution in [0.3, 0.4) is 0 Å². The molecule has 13 heavy (non-hydrogen) atoms. The Hall–Kier alpha value is -0.790. The van der Waals surface area contributed by atoms with Crippen LogP contribution in [0.4, 0.5) is 0 Å². The number of carbonyl (C=O) groups is 1. The van der Waals surface area contributed by atoms with E-state index in [0.717, 1.165) is 18.6 Å². The number of esters is 1. The summed E-state index contributed by atoms with van der Waals surface area (Å²) in [6.07, 6.45) is 7.80. The highest BCUT2D eigenvalue weighted by atomic mass is 16.5. The molecule has 1 aliphatic carbocycles. The molecule has 0 saturated carbocycles. The molecule has 0 aromatic carbocycles. The van der Waals surface area contributed by atoms with Crippen LogP contribution < -0.4 is 0 Å². The summed E-state index contributed by atoms with van der Waals surface area (Å²) < 4.78 is 5.12. The summed E-state index contributed by atoms with van der Waals surface area (Å²) in [5.74, 6) is 1.32. The Kier molecular flexibility index (Phi) is 4.00. The van der Waals surface area contributed by atoms with E-state index >= 15 is 0 Å². The van der Waals surface area contributed by atoms with Crippen LogP contribution in [0.25, 0.3) is 0 Å². The molecule has 2 heteroatoms. The maximum Gasteiger partial charge on any atom is 0.307 e. The fourth-order valence-corrected chi connectivity index (χ4v) is 1.70. The first-order chi connectivity index (χ1) is 6.18. The fraction of sp³-hybridized carbons (Fsp3) is 0.727. The van der Waals surface area contributed by atoms with Crippen molar-refractivity contribution in [1.82, 2.24) is 0 Å². The highest BCUT2D eigenvalue weighted by Crippen LogP contribution is 2.22. The van der Waals surface area contributed by atoms with Gasteiger partial charge in [0.15, 0.2) is 0 Å². The van der Waals surface area contributed by atoms with Crippen LogP contribution in [-0.4, -0.2) is 5.97 Å². The van der Waals surface area contributed by atoms with Gasteiger partial charge >= 0.3 is 5.97 Å². The number of ether oxygens (including phenoxy) is 1. The molecule has 0 spiro atoms. The zero-order chi connectivity index (χ0) is 9.68. The van der Waals surface area contributed by atoms with Crippen LogP contribution in [0.15, 0.2) is 11.8 Å². The molecule has 0 aromatic heterocycles. The standard InChI is InChI=1S/C11H18O2/c1-9-6-4-3-5-7-11(8-9)13-10(2)12/h7,9H,3-6,8H2,1-2H3. The van der Waals surface area contributed by atoms with Gasteiger partial charge in [0.2, 0.25) is 0 Å². The predicted molar refractivity (Wildman–Crippen MR) is 52.1 cm³/mol. The van der Waals surface area contributed by atoms with E-state index in [0.29, 0.717) is 5.92 Å². The Morgan fingerprint density at radius 1 is 1.54 bits per heavy atom. The number of allylic oxidation sites excluding steroid dienone is 2. The Morgan fingerprint density at radius 2 is 2.31 bits per heavy atom. The van der Waals surface area contributed by atoms with Gasteiger partial charge in [-0.15, -0.1) is 0 Å². The lowest BCUT2D eigenvalue weighted by Crippen LogP contribution is -2.06.